The van der Waals surface area contributed by atoms with E-state index in [1.54, 1.807) is 31.2 Å². The predicted octanol–water partition coefficient (Wildman–Crippen LogP) is 4.29. The van der Waals surface area contributed by atoms with Gasteiger partial charge in [-0.2, -0.15) is 0 Å². The van der Waals surface area contributed by atoms with E-state index in [4.69, 9.17) is 0 Å². The first-order valence-corrected chi connectivity index (χ1v) is 11.6. The summed E-state index contributed by atoms with van der Waals surface area (Å²) in [5, 5.41) is 9.13. The fourth-order valence-electron chi connectivity index (χ4n) is 4.00. The van der Waals surface area contributed by atoms with Crippen molar-refractivity contribution >= 4 is 10.8 Å². The summed E-state index contributed by atoms with van der Waals surface area (Å²) in [7, 11) is -1.19. The standard InChI is InChI=1S/C23H29F2NO2S/c1-17(27)16-26-13-10-18(11-14-26)12-15-29(28)23(19-2-6-21(24)7-3-19)20-4-8-22(25)9-5-20/h2-9,17-18,23,27H,10-16H2,1H3/t17-,29?/m1/s1. The Balaban J connectivity index is 1.64. The summed E-state index contributed by atoms with van der Waals surface area (Å²) >= 11 is 0. The second-order valence-corrected chi connectivity index (χ2v) is 9.59. The molecule has 0 bridgehead atoms. The van der Waals surface area contributed by atoms with Gasteiger partial charge in [0, 0.05) is 23.1 Å². The minimum Gasteiger partial charge on any atom is -0.392 e. The molecular weight excluding hydrogens is 392 g/mol. The SMILES string of the molecule is C[C@@H](O)CN1CCC(CCS(=O)C(c2ccc(F)cc2)c2ccc(F)cc2)CC1. The number of rotatable bonds is 8. The molecule has 2 aromatic rings. The maximum Gasteiger partial charge on any atom is 0.123 e. The Labute approximate surface area is 174 Å². The van der Waals surface area contributed by atoms with Crippen LogP contribution in [-0.2, 0) is 10.8 Å². The smallest absolute Gasteiger partial charge is 0.123 e. The van der Waals surface area contributed by atoms with Gasteiger partial charge in [0.15, 0.2) is 0 Å². The molecule has 0 saturated carbocycles. The van der Waals surface area contributed by atoms with Gasteiger partial charge in [-0.1, -0.05) is 24.3 Å². The molecule has 0 aromatic heterocycles. The van der Waals surface area contributed by atoms with Gasteiger partial charge in [-0.05, 0) is 80.6 Å². The second-order valence-electron chi connectivity index (χ2n) is 7.95. The Bertz CT molecular complexity index is 742. The molecule has 3 nitrogen and oxygen atoms in total. The van der Waals surface area contributed by atoms with Crippen molar-refractivity contribution in [1.82, 2.24) is 4.90 Å². The maximum absolute atomic E-state index is 13.4. The molecule has 2 atom stereocenters. The molecule has 1 fully saturated rings. The Kier molecular flexibility index (Phi) is 7.92. The van der Waals surface area contributed by atoms with Crippen molar-refractivity contribution < 1.29 is 18.1 Å². The zero-order valence-electron chi connectivity index (χ0n) is 16.8. The van der Waals surface area contributed by atoms with Crippen LogP contribution in [0.5, 0.6) is 0 Å². The molecule has 158 valence electrons. The van der Waals surface area contributed by atoms with E-state index in [1.165, 1.54) is 24.3 Å². The molecule has 1 saturated heterocycles. The lowest BCUT2D eigenvalue weighted by Gasteiger charge is -2.32. The molecule has 1 N–H and O–H groups in total. The number of aliphatic hydroxyl groups is 1. The van der Waals surface area contributed by atoms with E-state index >= 15 is 0 Å². The summed E-state index contributed by atoms with van der Waals surface area (Å²) in [4.78, 5) is 2.28. The van der Waals surface area contributed by atoms with Crippen LogP contribution < -0.4 is 0 Å². The first kappa shape index (κ1) is 22.1. The number of benzene rings is 2. The van der Waals surface area contributed by atoms with Crippen LogP contribution in [-0.4, -0.2) is 45.7 Å². The van der Waals surface area contributed by atoms with Crippen LogP contribution in [0.2, 0.25) is 0 Å². The third-order valence-electron chi connectivity index (χ3n) is 5.57. The number of likely N-dealkylation sites (tertiary alicyclic amines) is 1. The van der Waals surface area contributed by atoms with Crippen molar-refractivity contribution in [2.24, 2.45) is 5.92 Å². The highest BCUT2D eigenvalue weighted by Gasteiger charge is 2.25. The molecule has 2 aromatic carbocycles. The number of nitrogens with zero attached hydrogens (tertiary/aromatic N) is 1. The number of hydrogen-bond donors (Lipinski definition) is 1. The summed E-state index contributed by atoms with van der Waals surface area (Å²) in [6, 6.07) is 12.2. The highest BCUT2D eigenvalue weighted by Crippen LogP contribution is 2.31. The van der Waals surface area contributed by atoms with Gasteiger partial charge in [-0.3, -0.25) is 4.21 Å². The third kappa shape index (κ3) is 6.43. The minimum absolute atomic E-state index is 0.314. The van der Waals surface area contributed by atoms with Gasteiger partial charge in [0.2, 0.25) is 0 Å². The van der Waals surface area contributed by atoms with Gasteiger partial charge < -0.3 is 10.0 Å². The molecule has 6 heteroatoms. The summed E-state index contributed by atoms with van der Waals surface area (Å²) in [5.74, 6) is 0.412. The van der Waals surface area contributed by atoms with Crippen molar-refractivity contribution in [3.63, 3.8) is 0 Å². The molecule has 1 heterocycles. The normalized spacial score (nSPS) is 18.1. The first-order valence-electron chi connectivity index (χ1n) is 10.2. The zero-order chi connectivity index (χ0) is 20.8. The fourth-order valence-corrected chi connectivity index (χ4v) is 5.73. The van der Waals surface area contributed by atoms with Crippen molar-refractivity contribution in [2.75, 3.05) is 25.4 Å². The van der Waals surface area contributed by atoms with E-state index in [2.05, 4.69) is 4.90 Å². The molecule has 0 radical (unpaired) electrons. The summed E-state index contributed by atoms with van der Waals surface area (Å²) in [5.41, 5.74) is 1.56. The third-order valence-corrected chi connectivity index (χ3v) is 7.27. The lowest BCUT2D eigenvalue weighted by atomic mass is 9.94. The summed E-state index contributed by atoms with van der Waals surface area (Å²) in [6.45, 7) is 4.43. The Hall–Kier alpha value is -1.63. The average Bonchev–Trinajstić information content (AvgIpc) is 2.70. The van der Waals surface area contributed by atoms with Crippen molar-refractivity contribution in [3.05, 3.63) is 71.3 Å². The van der Waals surface area contributed by atoms with E-state index in [-0.39, 0.29) is 17.7 Å². The van der Waals surface area contributed by atoms with Crippen LogP contribution in [0.25, 0.3) is 0 Å². The molecule has 29 heavy (non-hydrogen) atoms. The molecule has 1 aliphatic heterocycles. The van der Waals surface area contributed by atoms with Gasteiger partial charge >= 0.3 is 0 Å². The molecule has 3 rings (SSSR count). The van der Waals surface area contributed by atoms with E-state index in [0.29, 0.717) is 18.2 Å². The molecule has 0 amide bonds. The predicted molar refractivity (Wildman–Crippen MR) is 113 cm³/mol. The lowest BCUT2D eigenvalue weighted by molar-refractivity contribution is 0.0996. The van der Waals surface area contributed by atoms with Crippen molar-refractivity contribution in [3.8, 4) is 0 Å². The monoisotopic (exact) mass is 421 g/mol. The van der Waals surface area contributed by atoms with Crippen LogP contribution >= 0.6 is 0 Å². The van der Waals surface area contributed by atoms with Crippen molar-refractivity contribution in [1.29, 1.82) is 0 Å². The average molecular weight is 422 g/mol. The van der Waals surface area contributed by atoms with Gasteiger partial charge in [0.1, 0.15) is 11.6 Å². The summed E-state index contributed by atoms with van der Waals surface area (Å²) in [6.07, 6.45) is 2.64. The van der Waals surface area contributed by atoms with Crippen LogP contribution in [0.15, 0.2) is 48.5 Å². The molecular formula is C23H29F2NO2S. The number of piperidine rings is 1. The highest BCUT2D eigenvalue weighted by atomic mass is 32.2. The van der Waals surface area contributed by atoms with Crippen LogP contribution in [0.4, 0.5) is 8.78 Å². The van der Waals surface area contributed by atoms with Gasteiger partial charge in [-0.25, -0.2) is 8.78 Å². The molecule has 0 spiro atoms. The highest BCUT2D eigenvalue weighted by molar-refractivity contribution is 7.85. The largest absolute Gasteiger partial charge is 0.392 e. The minimum atomic E-state index is -1.19. The van der Waals surface area contributed by atoms with Crippen LogP contribution in [0.1, 0.15) is 42.6 Å². The van der Waals surface area contributed by atoms with E-state index in [0.717, 1.165) is 43.5 Å². The van der Waals surface area contributed by atoms with Gasteiger partial charge in [-0.15, -0.1) is 0 Å². The molecule has 1 unspecified atom stereocenters. The van der Waals surface area contributed by atoms with Crippen molar-refractivity contribution in [2.45, 2.75) is 37.5 Å². The second kappa shape index (κ2) is 10.4. The Morgan fingerprint density at radius 2 is 1.48 bits per heavy atom. The number of β-amino-alcohol motifs (C(OH)–C–C–N with tert-alkyl or cyclic N) is 1. The zero-order valence-corrected chi connectivity index (χ0v) is 17.6. The fraction of sp³-hybridized carbons (Fsp3) is 0.478. The topological polar surface area (TPSA) is 40.5 Å². The number of hydrogen-bond acceptors (Lipinski definition) is 3. The number of halogens is 2. The first-order chi connectivity index (χ1) is 13.9. The van der Waals surface area contributed by atoms with E-state index in [9.17, 15) is 18.1 Å². The maximum atomic E-state index is 13.4. The van der Waals surface area contributed by atoms with Crippen LogP contribution in [0, 0.1) is 17.6 Å². The quantitative estimate of drug-likeness (QED) is 0.691. The number of aliphatic hydroxyl groups excluding tert-OH is 1. The Morgan fingerprint density at radius 3 is 1.93 bits per heavy atom. The van der Waals surface area contributed by atoms with E-state index < -0.39 is 16.0 Å². The van der Waals surface area contributed by atoms with Gasteiger partial charge in [0.25, 0.3) is 0 Å². The van der Waals surface area contributed by atoms with Gasteiger partial charge in [0.05, 0.1) is 11.4 Å². The molecule has 1 aliphatic rings. The van der Waals surface area contributed by atoms with E-state index in [1.807, 2.05) is 0 Å². The molecule has 0 aliphatic carbocycles. The lowest BCUT2D eigenvalue weighted by Crippen LogP contribution is -2.38. The summed E-state index contributed by atoms with van der Waals surface area (Å²) < 4.78 is 40.0. The van der Waals surface area contributed by atoms with Crippen LogP contribution in [0.3, 0.4) is 0 Å². The Morgan fingerprint density at radius 1 is 1.00 bits per heavy atom.